The van der Waals surface area contributed by atoms with Crippen molar-refractivity contribution >= 4 is 11.7 Å². The molecule has 0 radical (unpaired) electrons. The molecule has 0 aliphatic carbocycles. The summed E-state index contributed by atoms with van der Waals surface area (Å²) < 4.78 is 35.2. The van der Waals surface area contributed by atoms with Crippen molar-refractivity contribution in [2.75, 3.05) is 11.4 Å². The van der Waals surface area contributed by atoms with Crippen LogP contribution in [0, 0.1) is 11.6 Å². The summed E-state index contributed by atoms with van der Waals surface area (Å²) in [5.74, 6) is -1.12. The maximum absolute atomic E-state index is 14.5. The number of piperidine rings is 1. The molecule has 5 rings (SSSR count). The van der Waals surface area contributed by atoms with E-state index in [1.54, 1.807) is 35.0 Å². The Morgan fingerprint density at radius 3 is 2.72 bits per heavy atom. The Labute approximate surface area is 181 Å². The number of anilines is 1. The summed E-state index contributed by atoms with van der Waals surface area (Å²) in [5, 5.41) is 8.48. The molecule has 0 N–H and O–H groups in total. The summed E-state index contributed by atoms with van der Waals surface area (Å²) in [6.45, 7) is 0.533. The van der Waals surface area contributed by atoms with Crippen molar-refractivity contribution in [1.29, 1.82) is 0 Å². The topological polar surface area (TPSA) is 89.9 Å². The summed E-state index contributed by atoms with van der Waals surface area (Å²) in [5.41, 5.74) is 1.82. The minimum Gasteiger partial charge on any atom is -0.364 e. The predicted octanol–water partition coefficient (Wildman–Crippen LogP) is 3.84. The first-order valence-electron chi connectivity index (χ1n) is 10.2. The number of rotatable bonds is 5. The lowest BCUT2D eigenvalue weighted by Crippen LogP contribution is -2.36. The van der Waals surface area contributed by atoms with E-state index in [0.717, 1.165) is 19.0 Å². The van der Waals surface area contributed by atoms with Crippen molar-refractivity contribution in [3.8, 4) is 22.9 Å². The van der Waals surface area contributed by atoms with E-state index in [0.29, 0.717) is 35.6 Å². The highest BCUT2D eigenvalue weighted by Gasteiger charge is 2.25. The lowest BCUT2D eigenvalue weighted by Gasteiger charge is -2.25. The third kappa shape index (κ3) is 3.75. The maximum atomic E-state index is 14.5. The summed E-state index contributed by atoms with van der Waals surface area (Å²) in [6.07, 6.45) is 4.36. The standard InChI is InChI=1S/C22H18F2N6O2/c23-15-6-2-1-5-14(15)13-30-19(17-8-10-32-28-17)11-18(27-30)21-25-12-16(24)22(26-21)29-9-4-3-7-20(29)31/h1-2,5-6,8,10-12H,3-4,7,9,13H2. The van der Waals surface area contributed by atoms with Crippen molar-refractivity contribution in [3.05, 3.63) is 66.1 Å². The van der Waals surface area contributed by atoms with Gasteiger partial charge in [-0.1, -0.05) is 23.4 Å². The van der Waals surface area contributed by atoms with E-state index in [4.69, 9.17) is 4.52 Å². The molecular formula is C22H18F2N6O2. The second-order valence-corrected chi connectivity index (χ2v) is 7.42. The molecule has 1 aliphatic rings. The number of halogens is 2. The van der Waals surface area contributed by atoms with Gasteiger partial charge < -0.3 is 4.52 Å². The van der Waals surface area contributed by atoms with Gasteiger partial charge in [-0.2, -0.15) is 5.10 Å². The molecule has 0 bridgehead atoms. The fourth-order valence-corrected chi connectivity index (χ4v) is 3.69. The van der Waals surface area contributed by atoms with Gasteiger partial charge in [0, 0.05) is 24.6 Å². The van der Waals surface area contributed by atoms with Gasteiger partial charge in [0.05, 0.1) is 18.4 Å². The molecule has 0 spiro atoms. The van der Waals surface area contributed by atoms with Crippen LogP contribution in [0.5, 0.6) is 0 Å². The van der Waals surface area contributed by atoms with Gasteiger partial charge >= 0.3 is 0 Å². The molecule has 32 heavy (non-hydrogen) atoms. The van der Waals surface area contributed by atoms with Crippen LogP contribution in [0.2, 0.25) is 0 Å². The second kappa shape index (κ2) is 8.29. The first-order chi connectivity index (χ1) is 15.6. The van der Waals surface area contributed by atoms with Crippen LogP contribution in [-0.4, -0.2) is 37.4 Å². The SMILES string of the molecule is O=C1CCCCN1c1nc(-c2cc(-c3ccon3)n(Cc3ccccc3F)n2)ncc1F. The minimum atomic E-state index is -0.675. The lowest BCUT2D eigenvalue weighted by molar-refractivity contribution is -0.119. The van der Waals surface area contributed by atoms with Crippen LogP contribution in [0.15, 0.2) is 53.4 Å². The van der Waals surface area contributed by atoms with E-state index in [9.17, 15) is 13.6 Å². The number of carbonyl (C=O) groups excluding carboxylic acids is 1. The molecule has 0 unspecified atom stereocenters. The second-order valence-electron chi connectivity index (χ2n) is 7.42. The highest BCUT2D eigenvalue weighted by atomic mass is 19.1. The average Bonchev–Trinajstić information content (AvgIpc) is 3.46. The third-order valence-electron chi connectivity index (χ3n) is 5.29. The fourth-order valence-electron chi connectivity index (χ4n) is 3.69. The van der Waals surface area contributed by atoms with Crippen molar-refractivity contribution < 1.29 is 18.1 Å². The van der Waals surface area contributed by atoms with E-state index in [1.165, 1.54) is 17.2 Å². The molecule has 0 saturated carbocycles. The van der Waals surface area contributed by atoms with E-state index < -0.39 is 5.82 Å². The Kier molecular flexibility index (Phi) is 5.18. The molecule has 3 aromatic heterocycles. The average molecular weight is 436 g/mol. The Morgan fingerprint density at radius 2 is 1.94 bits per heavy atom. The Bertz CT molecular complexity index is 1270. The molecule has 1 amide bonds. The van der Waals surface area contributed by atoms with Crippen molar-refractivity contribution in [2.45, 2.75) is 25.8 Å². The number of carbonyl (C=O) groups is 1. The van der Waals surface area contributed by atoms with Crippen molar-refractivity contribution in [1.82, 2.24) is 24.9 Å². The Balaban J connectivity index is 1.56. The monoisotopic (exact) mass is 436 g/mol. The molecule has 10 heteroatoms. The van der Waals surface area contributed by atoms with Crippen molar-refractivity contribution in [3.63, 3.8) is 0 Å². The molecule has 8 nitrogen and oxygen atoms in total. The largest absolute Gasteiger partial charge is 0.364 e. The van der Waals surface area contributed by atoms with Gasteiger partial charge in [0.15, 0.2) is 17.5 Å². The van der Waals surface area contributed by atoms with E-state index in [1.807, 2.05) is 0 Å². The molecule has 0 atom stereocenters. The number of benzene rings is 1. The zero-order valence-corrected chi connectivity index (χ0v) is 16.9. The van der Waals surface area contributed by atoms with Gasteiger partial charge in [-0.05, 0) is 25.0 Å². The number of hydrogen-bond acceptors (Lipinski definition) is 6. The molecule has 1 aliphatic heterocycles. The molecule has 1 fully saturated rings. The summed E-state index contributed by atoms with van der Waals surface area (Å²) in [6, 6.07) is 9.72. The number of nitrogens with zero attached hydrogens (tertiary/aromatic N) is 6. The highest BCUT2D eigenvalue weighted by molar-refractivity contribution is 5.93. The van der Waals surface area contributed by atoms with Crippen LogP contribution >= 0.6 is 0 Å². The van der Waals surface area contributed by atoms with Crippen LogP contribution in [0.1, 0.15) is 24.8 Å². The van der Waals surface area contributed by atoms with E-state index >= 15 is 0 Å². The number of hydrogen-bond donors (Lipinski definition) is 0. The van der Waals surface area contributed by atoms with Gasteiger partial charge in [0.25, 0.3) is 0 Å². The summed E-state index contributed by atoms with van der Waals surface area (Å²) in [7, 11) is 0. The predicted molar refractivity (Wildman–Crippen MR) is 110 cm³/mol. The van der Waals surface area contributed by atoms with Gasteiger partial charge in [-0.3, -0.25) is 14.4 Å². The van der Waals surface area contributed by atoms with Gasteiger partial charge in [-0.25, -0.2) is 18.7 Å². The van der Waals surface area contributed by atoms with Crippen LogP contribution < -0.4 is 4.90 Å². The smallest absolute Gasteiger partial charge is 0.228 e. The van der Waals surface area contributed by atoms with Gasteiger partial charge in [0.2, 0.25) is 5.91 Å². The normalized spacial score (nSPS) is 14.2. The number of amides is 1. The highest BCUT2D eigenvalue weighted by Crippen LogP contribution is 2.28. The van der Waals surface area contributed by atoms with Crippen LogP contribution in [0.3, 0.4) is 0 Å². The van der Waals surface area contributed by atoms with E-state index in [2.05, 4.69) is 20.2 Å². The zero-order chi connectivity index (χ0) is 22.1. The van der Waals surface area contributed by atoms with Gasteiger partial charge in [-0.15, -0.1) is 0 Å². The van der Waals surface area contributed by atoms with Crippen LogP contribution in [-0.2, 0) is 11.3 Å². The first kappa shape index (κ1) is 20.0. The van der Waals surface area contributed by atoms with Crippen LogP contribution in [0.4, 0.5) is 14.6 Å². The fraction of sp³-hybridized carbons (Fsp3) is 0.227. The maximum Gasteiger partial charge on any atom is 0.228 e. The molecular weight excluding hydrogens is 418 g/mol. The summed E-state index contributed by atoms with van der Waals surface area (Å²) in [4.78, 5) is 22.0. The quantitative estimate of drug-likeness (QED) is 0.472. The molecule has 162 valence electrons. The summed E-state index contributed by atoms with van der Waals surface area (Å²) >= 11 is 0. The minimum absolute atomic E-state index is 0.0636. The molecule has 4 aromatic rings. The Morgan fingerprint density at radius 1 is 1.06 bits per heavy atom. The van der Waals surface area contributed by atoms with Gasteiger partial charge in [0.1, 0.15) is 23.5 Å². The molecule has 1 aromatic carbocycles. The van der Waals surface area contributed by atoms with E-state index in [-0.39, 0.29) is 29.9 Å². The number of aromatic nitrogens is 5. The zero-order valence-electron chi connectivity index (χ0n) is 16.9. The van der Waals surface area contributed by atoms with Crippen molar-refractivity contribution in [2.24, 2.45) is 0 Å². The van der Waals surface area contributed by atoms with Crippen LogP contribution in [0.25, 0.3) is 22.9 Å². The first-order valence-corrected chi connectivity index (χ1v) is 10.2. The molecule has 4 heterocycles. The molecule has 1 saturated heterocycles. The Hall–Kier alpha value is -3.95. The third-order valence-corrected chi connectivity index (χ3v) is 5.29. The lowest BCUT2D eigenvalue weighted by atomic mass is 10.1.